The molecule has 0 saturated heterocycles. The summed E-state index contributed by atoms with van der Waals surface area (Å²) in [7, 11) is 0. The van der Waals surface area contributed by atoms with Crippen LogP contribution in [0.2, 0.25) is 0 Å². The summed E-state index contributed by atoms with van der Waals surface area (Å²) >= 11 is 3.46. The summed E-state index contributed by atoms with van der Waals surface area (Å²) in [6, 6.07) is 6.24. The Balaban J connectivity index is 2.85. The van der Waals surface area contributed by atoms with E-state index in [0.717, 1.165) is 28.8 Å². The number of benzene rings is 1. The molecule has 19 heavy (non-hydrogen) atoms. The number of hydrogen-bond donors (Lipinski definition) is 2. The number of ether oxygens (including phenoxy) is 1. The first kappa shape index (κ1) is 16.5. The normalized spacial score (nSPS) is 13.4. The van der Waals surface area contributed by atoms with Crippen LogP contribution >= 0.6 is 15.9 Å². The standard InChI is InChI=1S/C15H24BrNO2/c1-5-8-17-11(2)13-7-6-12(16)9-14(13)19-10-15(3,4)18/h6-7,9,11,17-18H,5,8,10H2,1-4H3. The quantitative estimate of drug-likeness (QED) is 0.802. The molecule has 108 valence electrons. The lowest BCUT2D eigenvalue weighted by Gasteiger charge is -2.22. The predicted octanol–water partition coefficient (Wildman–Crippen LogP) is 3.66. The fourth-order valence-electron chi connectivity index (χ4n) is 1.72. The Morgan fingerprint density at radius 3 is 2.68 bits per heavy atom. The monoisotopic (exact) mass is 329 g/mol. The van der Waals surface area contributed by atoms with Crippen molar-refractivity contribution in [2.75, 3.05) is 13.2 Å². The van der Waals surface area contributed by atoms with Crippen LogP contribution in [0.5, 0.6) is 5.75 Å². The van der Waals surface area contributed by atoms with Gasteiger partial charge in [-0.2, -0.15) is 0 Å². The predicted molar refractivity (Wildman–Crippen MR) is 82.6 cm³/mol. The van der Waals surface area contributed by atoms with E-state index in [9.17, 15) is 5.11 Å². The van der Waals surface area contributed by atoms with Crippen molar-refractivity contribution in [3.8, 4) is 5.75 Å². The third-order valence-electron chi connectivity index (χ3n) is 2.72. The number of rotatable bonds is 7. The Bertz CT molecular complexity index is 402. The molecule has 0 fully saturated rings. The first-order chi connectivity index (χ1) is 8.83. The molecule has 0 heterocycles. The van der Waals surface area contributed by atoms with Crippen LogP contribution in [0.4, 0.5) is 0 Å². The van der Waals surface area contributed by atoms with E-state index in [4.69, 9.17) is 4.74 Å². The molecule has 1 rings (SSSR count). The summed E-state index contributed by atoms with van der Waals surface area (Å²) in [5.41, 5.74) is 0.278. The molecule has 1 atom stereocenters. The molecular weight excluding hydrogens is 306 g/mol. The van der Waals surface area contributed by atoms with Crippen LogP contribution in [0.3, 0.4) is 0 Å². The average Bonchev–Trinajstić information content (AvgIpc) is 2.32. The average molecular weight is 330 g/mol. The zero-order valence-corrected chi connectivity index (χ0v) is 13.8. The van der Waals surface area contributed by atoms with Crippen molar-refractivity contribution in [2.24, 2.45) is 0 Å². The molecule has 1 aromatic carbocycles. The first-order valence-electron chi connectivity index (χ1n) is 6.71. The number of aliphatic hydroxyl groups is 1. The number of halogens is 1. The molecule has 0 radical (unpaired) electrons. The molecule has 0 aliphatic rings. The van der Waals surface area contributed by atoms with Crippen LogP contribution in [0.1, 0.15) is 45.7 Å². The Morgan fingerprint density at radius 1 is 1.42 bits per heavy atom. The van der Waals surface area contributed by atoms with Gasteiger partial charge in [0.15, 0.2) is 0 Å². The highest BCUT2D eigenvalue weighted by atomic mass is 79.9. The van der Waals surface area contributed by atoms with Gasteiger partial charge in [0.2, 0.25) is 0 Å². The molecule has 0 amide bonds. The summed E-state index contributed by atoms with van der Waals surface area (Å²) in [6.45, 7) is 8.99. The van der Waals surface area contributed by atoms with Gasteiger partial charge in [-0.25, -0.2) is 0 Å². The van der Waals surface area contributed by atoms with Crippen LogP contribution in [-0.2, 0) is 0 Å². The second-order valence-electron chi connectivity index (χ2n) is 5.46. The molecule has 0 spiro atoms. The minimum absolute atomic E-state index is 0.227. The topological polar surface area (TPSA) is 41.5 Å². The highest BCUT2D eigenvalue weighted by Gasteiger charge is 2.17. The fourth-order valence-corrected chi connectivity index (χ4v) is 2.06. The Labute approximate surface area is 124 Å². The zero-order valence-electron chi connectivity index (χ0n) is 12.2. The van der Waals surface area contributed by atoms with E-state index in [1.165, 1.54) is 0 Å². The Hall–Kier alpha value is -0.580. The largest absolute Gasteiger partial charge is 0.490 e. The molecule has 0 aromatic heterocycles. The molecule has 0 aliphatic heterocycles. The maximum atomic E-state index is 9.77. The van der Waals surface area contributed by atoms with Gasteiger partial charge in [-0.3, -0.25) is 0 Å². The fraction of sp³-hybridized carbons (Fsp3) is 0.600. The molecule has 2 N–H and O–H groups in total. The van der Waals surface area contributed by atoms with Gasteiger partial charge in [0, 0.05) is 16.1 Å². The molecule has 0 saturated carbocycles. The van der Waals surface area contributed by atoms with Crippen molar-refractivity contribution >= 4 is 15.9 Å². The maximum absolute atomic E-state index is 9.77. The second-order valence-corrected chi connectivity index (χ2v) is 6.37. The lowest BCUT2D eigenvalue weighted by atomic mass is 10.1. The maximum Gasteiger partial charge on any atom is 0.125 e. The van der Waals surface area contributed by atoms with Gasteiger partial charge in [0.1, 0.15) is 12.4 Å². The summed E-state index contributed by atoms with van der Waals surface area (Å²) in [4.78, 5) is 0. The van der Waals surface area contributed by atoms with E-state index in [1.54, 1.807) is 13.8 Å². The van der Waals surface area contributed by atoms with Gasteiger partial charge in [-0.1, -0.05) is 28.9 Å². The van der Waals surface area contributed by atoms with Gasteiger partial charge in [-0.05, 0) is 45.9 Å². The third-order valence-corrected chi connectivity index (χ3v) is 3.22. The van der Waals surface area contributed by atoms with E-state index < -0.39 is 5.60 Å². The van der Waals surface area contributed by atoms with Gasteiger partial charge in [-0.15, -0.1) is 0 Å². The molecule has 4 heteroatoms. The van der Waals surface area contributed by atoms with Crippen molar-refractivity contribution in [1.82, 2.24) is 5.32 Å². The zero-order chi connectivity index (χ0) is 14.5. The van der Waals surface area contributed by atoms with E-state index in [1.807, 2.05) is 12.1 Å². The highest BCUT2D eigenvalue weighted by Crippen LogP contribution is 2.29. The van der Waals surface area contributed by atoms with Gasteiger partial charge in [0.05, 0.1) is 5.60 Å². The number of hydrogen-bond acceptors (Lipinski definition) is 3. The molecule has 1 unspecified atom stereocenters. The molecule has 0 aliphatic carbocycles. The summed E-state index contributed by atoms with van der Waals surface area (Å²) < 4.78 is 6.74. The smallest absolute Gasteiger partial charge is 0.125 e. The van der Waals surface area contributed by atoms with E-state index in [2.05, 4.69) is 41.2 Å². The van der Waals surface area contributed by atoms with Crippen LogP contribution in [0, 0.1) is 0 Å². The minimum atomic E-state index is -0.834. The van der Waals surface area contributed by atoms with Crippen molar-refractivity contribution in [3.05, 3.63) is 28.2 Å². The lowest BCUT2D eigenvalue weighted by Crippen LogP contribution is -2.28. The molecule has 3 nitrogen and oxygen atoms in total. The molecule has 1 aromatic rings. The van der Waals surface area contributed by atoms with E-state index in [0.29, 0.717) is 0 Å². The van der Waals surface area contributed by atoms with Gasteiger partial charge in [0.25, 0.3) is 0 Å². The van der Waals surface area contributed by atoms with Crippen molar-refractivity contribution in [3.63, 3.8) is 0 Å². The van der Waals surface area contributed by atoms with Crippen LogP contribution in [0.15, 0.2) is 22.7 Å². The second kappa shape index (κ2) is 7.27. The van der Waals surface area contributed by atoms with Crippen LogP contribution < -0.4 is 10.1 Å². The summed E-state index contributed by atoms with van der Waals surface area (Å²) in [6.07, 6.45) is 1.10. The Kier molecular flexibility index (Phi) is 6.30. The van der Waals surface area contributed by atoms with E-state index in [-0.39, 0.29) is 12.6 Å². The van der Waals surface area contributed by atoms with Crippen LogP contribution in [0.25, 0.3) is 0 Å². The summed E-state index contributed by atoms with van der Waals surface area (Å²) in [5, 5.41) is 13.2. The third kappa shape index (κ3) is 5.93. The first-order valence-corrected chi connectivity index (χ1v) is 7.51. The van der Waals surface area contributed by atoms with Gasteiger partial charge >= 0.3 is 0 Å². The van der Waals surface area contributed by atoms with Gasteiger partial charge < -0.3 is 15.2 Å². The van der Waals surface area contributed by atoms with Crippen molar-refractivity contribution in [2.45, 2.75) is 45.8 Å². The SMILES string of the molecule is CCCNC(C)c1ccc(Br)cc1OCC(C)(C)O. The van der Waals surface area contributed by atoms with Crippen molar-refractivity contribution < 1.29 is 9.84 Å². The highest BCUT2D eigenvalue weighted by molar-refractivity contribution is 9.10. The Morgan fingerprint density at radius 2 is 2.11 bits per heavy atom. The lowest BCUT2D eigenvalue weighted by molar-refractivity contribution is 0.0280. The van der Waals surface area contributed by atoms with Crippen molar-refractivity contribution in [1.29, 1.82) is 0 Å². The van der Waals surface area contributed by atoms with Crippen LogP contribution in [-0.4, -0.2) is 23.9 Å². The molecule has 0 bridgehead atoms. The minimum Gasteiger partial charge on any atom is -0.490 e. The summed E-state index contributed by atoms with van der Waals surface area (Å²) in [5.74, 6) is 0.813. The molecular formula is C15H24BrNO2. The van der Waals surface area contributed by atoms with E-state index >= 15 is 0 Å². The number of nitrogens with one attached hydrogen (secondary N) is 1.